The van der Waals surface area contributed by atoms with Crippen LogP contribution in [-0.4, -0.2) is 48.4 Å². The van der Waals surface area contributed by atoms with E-state index in [0.717, 1.165) is 19.5 Å². The summed E-state index contributed by atoms with van der Waals surface area (Å²) >= 11 is 0. The van der Waals surface area contributed by atoms with Gasteiger partial charge in [0.15, 0.2) is 0 Å². The Kier molecular flexibility index (Phi) is 5.15. The lowest BCUT2D eigenvalue weighted by Gasteiger charge is -2.25. The third-order valence-corrected chi connectivity index (χ3v) is 4.02. The van der Waals surface area contributed by atoms with Gasteiger partial charge in [0.25, 0.3) is 0 Å². The highest BCUT2D eigenvalue weighted by Crippen LogP contribution is 2.22. The molecule has 1 aliphatic heterocycles. The predicted octanol–water partition coefficient (Wildman–Crippen LogP) is 1.31. The number of carbonyl (C=O) groups excluding carboxylic acids is 1. The summed E-state index contributed by atoms with van der Waals surface area (Å²) in [6, 6.07) is 10.6. The van der Waals surface area contributed by atoms with Crippen LogP contribution in [0.1, 0.15) is 18.9 Å². The van der Waals surface area contributed by atoms with Crippen molar-refractivity contribution in [3.05, 3.63) is 35.9 Å². The van der Waals surface area contributed by atoms with Gasteiger partial charge in [0, 0.05) is 19.1 Å². The smallest absolute Gasteiger partial charge is 0.236 e. The molecule has 4 nitrogen and oxygen atoms in total. The fraction of sp³-hybridized carbons (Fsp3) is 0.562. The summed E-state index contributed by atoms with van der Waals surface area (Å²) in [6.45, 7) is 4.88. The van der Waals surface area contributed by atoms with E-state index in [1.54, 1.807) is 0 Å². The average Bonchev–Trinajstić information content (AvgIpc) is 2.81. The summed E-state index contributed by atoms with van der Waals surface area (Å²) in [4.78, 5) is 16.4. The molecule has 0 aliphatic carbocycles. The number of likely N-dealkylation sites (tertiary alicyclic amines) is 1. The quantitative estimate of drug-likeness (QED) is 0.881. The Bertz CT molecular complexity index is 435. The van der Waals surface area contributed by atoms with Gasteiger partial charge in [0.05, 0.1) is 6.54 Å². The molecule has 2 atom stereocenters. The van der Waals surface area contributed by atoms with Crippen LogP contribution in [0.4, 0.5) is 0 Å². The number of rotatable bonds is 5. The first-order chi connectivity index (χ1) is 9.60. The van der Waals surface area contributed by atoms with Crippen molar-refractivity contribution < 1.29 is 4.79 Å². The van der Waals surface area contributed by atoms with Gasteiger partial charge in [-0.1, -0.05) is 30.3 Å². The summed E-state index contributed by atoms with van der Waals surface area (Å²) in [5, 5.41) is 0. The molecular weight excluding hydrogens is 250 g/mol. The molecule has 110 valence electrons. The third-order valence-electron chi connectivity index (χ3n) is 4.02. The lowest BCUT2D eigenvalue weighted by molar-refractivity contribution is -0.132. The summed E-state index contributed by atoms with van der Waals surface area (Å²) in [5.41, 5.74) is 6.95. The molecule has 20 heavy (non-hydrogen) atoms. The highest BCUT2D eigenvalue weighted by Gasteiger charge is 2.31. The van der Waals surface area contributed by atoms with Gasteiger partial charge in [0.2, 0.25) is 5.91 Å². The number of carbonyl (C=O) groups is 1. The molecule has 1 aromatic carbocycles. The maximum atomic E-state index is 12.4. The standard InChI is InChI=1S/C16H25N3O/c1-13-8-15(9-17)11-19(13)16(20)12-18(2)10-14-6-4-3-5-7-14/h3-7,13,15H,8-12,17H2,1-2H3. The molecule has 4 heteroatoms. The number of hydrogen-bond donors (Lipinski definition) is 1. The molecule has 1 heterocycles. The lowest BCUT2D eigenvalue weighted by atomic mass is 10.1. The highest BCUT2D eigenvalue weighted by atomic mass is 16.2. The van der Waals surface area contributed by atoms with Gasteiger partial charge >= 0.3 is 0 Å². The monoisotopic (exact) mass is 275 g/mol. The van der Waals surface area contributed by atoms with E-state index < -0.39 is 0 Å². The van der Waals surface area contributed by atoms with E-state index in [1.807, 2.05) is 30.1 Å². The van der Waals surface area contributed by atoms with Crippen LogP contribution in [-0.2, 0) is 11.3 Å². The van der Waals surface area contributed by atoms with Crippen molar-refractivity contribution >= 4 is 5.91 Å². The molecular formula is C16H25N3O. The second-order valence-corrected chi connectivity index (χ2v) is 5.89. The molecule has 0 aromatic heterocycles. The fourth-order valence-electron chi connectivity index (χ4n) is 2.93. The zero-order valence-electron chi connectivity index (χ0n) is 12.5. The van der Waals surface area contributed by atoms with Crippen LogP contribution < -0.4 is 5.73 Å². The Labute approximate surface area is 121 Å². The van der Waals surface area contributed by atoms with E-state index in [4.69, 9.17) is 5.73 Å². The Morgan fingerprint density at radius 2 is 2.10 bits per heavy atom. The van der Waals surface area contributed by atoms with Crippen LogP contribution in [0.25, 0.3) is 0 Å². The second-order valence-electron chi connectivity index (χ2n) is 5.89. The van der Waals surface area contributed by atoms with Crippen molar-refractivity contribution in [2.24, 2.45) is 11.7 Å². The van der Waals surface area contributed by atoms with Crippen LogP contribution in [0.3, 0.4) is 0 Å². The first-order valence-corrected chi connectivity index (χ1v) is 7.32. The topological polar surface area (TPSA) is 49.6 Å². The van der Waals surface area contributed by atoms with Crippen molar-refractivity contribution in [2.45, 2.75) is 25.9 Å². The van der Waals surface area contributed by atoms with Crippen LogP contribution in [0.15, 0.2) is 30.3 Å². The number of benzene rings is 1. The van der Waals surface area contributed by atoms with Crippen LogP contribution in [0.5, 0.6) is 0 Å². The molecule has 2 N–H and O–H groups in total. The lowest BCUT2D eigenvalue weighted by Crippen LogP contribution is -2.40. The molecule has 1 aliphatic rings. The normalized spacial score (nSPS) is 22.5. The van der Waals surface area contributed by atoms with E-state index in [1.165, 1.54) is 5.56 Å². The number of nitrogens with zero attached hydrogens (tertiary/aromatic N) is 2. The molecule has 0 saturated carbocycles. The van der Waals surface area contributed by atoms with Crippen molar-refractivity contribution in [1.82, 2.24) is 9.80 Å². The minimum atomic E-state index is 0.215. The van der Waals surface area contributed by atoms with Gasteiger partial charge in [-0.3, -0.25) is 9.69 Å². The number of hydrogen-bond acceptors (Lipinski definition) is 3. The Hall–Kier alpha value is -1.39. The maximum absolute atomic E-state index is 12.4. The van der Waals surface area contributed by atoms with Gasteiger partial charge < -0.3 is 10.6 Å². The second kappa shape index (κ2) is 6.86. The highest BCUT2D eigenvalue weighted by molar-refractivity contribution is 5.78. The molecule has 0 bridgehead atoms. The minimum Gasteiger partial charge on any atom is -0.339 e. The van der Waals surface area contributed by atoms with Gasteiger partial charge in [-0.25, -0.2) is 0 Å². The minimum absolute atomic E-state index is 0.215. The van der Waals surface area contributed by atoms with Gasteiger partial charge in [0.1, 0.15) is 0 Å². The molecule has 0 radical (unpaired) electrons. The number of nitrogens with two attached hydrogens (primary N) is 1. The summed E-state index contributed by atoms with van der Waals surface area (Å²) in [5.74, 6) is 0.681. The van der Waals surface area contributed by atoms with Crippen LogP contribution in [0, 0.1) is 5.92 Å². The van der Waals surface area contributed by atoms with Crippen molar-refractivity contribution in [3.8, 4) is 0 Å². The zero-order valence-corrected chi connectivity index (χ0v) is 12.5. The third kappa shape index (κ3) is 3.81. The molecule has 0 spiro atoms. The SMILES string of the molecule is CC1CC(CN)CN1C(=O)CN(C)Cc1ccccc1. The fourth-order valence-corrected chi connectivity index (χ4v) is 2.93. The van der Waals surface area contributed by atoms with Crippen molar-refractivity contribution in [1.29, 1.82) is 0 Å². The van der Waals surface area contributed by atoms with Gasteiger partial charge in [-0.15, -0.1) is 0 Å². The van der Waals surface area contributed by atoms with E-state index in [-0.39, 0.29) is 5.91 Å². The molecule has 1 amide bonds. The van der Waals surface area contributed by atoms with Crippen molar-refractivity contribution in [3.63, 3.8) is 0 Å². The first kappa shape index (κ1) is 15.0. The summed E-state index contributed by atoms with van der Waals surface area (Å²) in [7, 11) is 1.99. The molecule has 2 unspecified atom stereocenters. The summed E-state index contributed by atoms with van der Waals surface area (Å²) < 4.78 is 0. The molecule has 1 fully saturated rings. The maximum Gasteiger partial charge on any atom is 0.236 e. The van der Waals surface area contributed by atoms with Crippen LogP contribution >= 0.6 is 0 Å². The van der Waals surface area contributed by atoms with Crippen molar-refractivity contribution in [2.75, 3.05) is 26.7 Å². The number of likely N-dealkylation sites (N-methyl/N-ethyl adjacent to an activating group) is 1. The van der Waals surface area contributed by atoms with Crippen LogP contribution in [0.2, 0.25) is 0 Å². The zero-order chi connectivity index (χ0) is 14.5. The first-order valence-electron chi connectivity index (χ1n) is 7.32. The Morgan fingerprint density at radius 3 is 2.70 bits per heavy atom. The molecule has 1 aromatic rings. The van der Waals surface area contributed by atoms with E-state index in [0.29, 0.717) is 25.0 Å². The van der Waals surface area contributed by atoms with E-state index in [9.17, 15) is 4.79 Å². The largest absolute Gasteiger partial charge is 0.339 e. The van der Waals surface area contributed by atoms with Gasteiger partial charge in [-0.2, -0.15) is 0 Å². The Balaban J connectivity index is 1.85. The molecule has 1 saturated heterocycles. The number of amides is 1. The van der Waals surface area contributed by atoms with E-state index in [2.05, 4.69) is 24.0 Å². The predicted molar refractivity (Wildman–Crippen MR) is 81.1 cm³/mol. The summed E-state index contributed by atoms with van der Waals surface area (Å²) in [6.07, 6.45) is 1.03. The molecule has 2 rings (SSSR count). The average molecular weight is 275 g/mol. The van der Waals surface area contributed by atoms with E-state index >= 15 is 0 Å². The van der Waals surface area contributed by atoms with Gasteiger partial charge in [-0.05, 0) is 38.4 Å². The Morgan fingerprint density at radius 1 is 1.40 bits per heavy atom.